The predicted molar refractivity (Wildman–Crippen MR) is 97.4 cm³/mol. The Morgan fingerprint density at radius 2 is 1.73 bits per heavy atom. The van der Waals surface area contributed by atoms with Gasteiger partial charge in [0.25, 0.3) is 0 Å². The minimum Gasteiger partial charge on any atom is -0.497 e. The zero-order valence-corrected chi connectivity index (χ0v) is 14.8. The highest BCUT2D eigenvalue weighted by Gasteiger charge is 2.17. The fraction of sp³-hybridized carbons (Fsp3) is 0.250. The third-order valence-electron chi connectivity index (χ3n) is 3.64. The lowest BCUT2D eigenvalue weighted by Crippen LogP contribution is -2.17. The monoisotopic (exact) mass is 355 g/mol. The Morgan fingerprint density at radius 3 is 2.38 bits per heavy atom. The molecule has 0 aliphatic heterocycles. The summed E-state index contributed by atoms with van der Waals surface area (Å²) in [5.74, 6) is -0.526. The number of ether oxygens (including phenoxy) is 2. The van der Waals surface area contributed by atoms with Crippen LogP contribution in [0, 0.1) is 0 Å². The van der Waals surface area contributed by atoms with Crippen molar-refractivity contribution in [3.8, 4) is 5.75 Å². The third kappa shape index (κ3) is 5.17. The minimum absolute atomic E-state index is 0.0161. The van der Waals surface area contributed by atoms with Gasteiger partial charge in [-0.2, -0.15) is 0 Å². The van der Waals surface area contributed by atoms with Crippen molar-refractivity contribution in [2.45, 2.75) is 19.8 Å². The molecule has 0 unspecified atom stereocenters. The maximum absolute atomic E-state index is 12.8. The van der Waals surface area contributed by atoms with Crippen LogP contribution in [-0.2, 0) is 14.3 Å². The lowest BCUT2D eigenvalue weighted by molar-refractivity contribution is -0.144. The van der Waals surface area contributed by atoms with Gasteiger partial charge in [-0.05, 0) is 25.1 Å². The summed E-state index contributed by atoms with van der Waals surface area (Å²) in [6, 6.07) is 13.6. The molecular weight excluding hydrogens is 334 g/mol. The molecule has 0 spiro atoms. The standard InChI is InChI=1S/C20H21NO5/c1-3-26-19(23)12-11-18(22)21-17-10-9-15(25-2)13-16(17)20(24)14-7-5-4-6-8-14/h4-10,13H,3,11-12H2,1-2H3,(H,21,22). The molecular formula is C20H21NO5. The second-order valence-corrected chi connectivity index (χ2v) is 5.46. The molecule has 0 bridgehead atoms. The van der Waals surface area contributed by atoms with Crippen molar-refractivity contribution in [2.24, 2.45) is 0 Å². The van der Waals surface area contributed by atoms with E-state index in [2.05, 4.69) is 5.32 Å². The molecule has 26 heavy (non-hydrogen) atoms. The van der Waals surface area contributed by atoms with Crippen LogP contribution in [0.5, 0.6) is 5.75 Å². The summed E-state index contributed by atoms with van der Waals surface area (Å²) in [7, 11) is 1.50. The van der Waals surface area contributed by atoms with Gasteiger partial charge in [0.15, 0.2) is 5.78 Å². The molecule has 2 rings (SSSR count). The molecule has 136 valence electrons. The average Bonchev–Trinajstić information content (AvgIpc) is 2.67. The quantitative estimate of drug-likeness (QED) is 0.581. The molecule has 0 aliphatic rings. The van der Waals surface area contributed by atoms with E-state index in [1.54, 1.807) is 49.4 Å². The van der Waals surface area contributed by atoms with Crippen LogP contribution in [0.4, 0.5) is 5.69 Å². The van der Waals surface area contributed by atoms with Crippen molar-refractivity contribution in [2.75, 3.05) is 19.0 Å². The van der Waals surface area contributed by atoms with Gasteiger partial charge >= 0.3 is 5.97 Å². The Morgan fingerprint density at radius 1 is 1.00 bits per heavy atom. The van der Waals surface area contributed by atoms with E-state index >= 15 is 0 Å². The van der Waals surface area contributed by atoms with E-state index in [9.17, 15) is 14.4 Å². The first-order valence-corrected chi connectivity index (χ1v) is 8.28. The lowest BCUT2D eigenvalue weighted by Gasteiger charge is -2.12. The van der Waals surface area contributed by atoms with Crippen LogP contribution in [-0.4, -0.2) is 31.4 Å². The number of esters is 1. The number of nitrogens with one attached hydrogen (secondary N) is 1. The molecule has 2 aromatic rings. The normalized spacial score (nSPS) is 10.1. The number of carbonyl (C=O) groups is 3. The van der Waals surface area contributed by atoms with E-state index < -0.39 is 5.97 Å². The Kier molecular flexibility index (Phi) is 6.91. The highest BCUT2D eigenvalue weighted by Crippen LogP contribution is 2.25. The molecule has 0 atom stereocenters. The first-order chi connectivity index (χ1) is 12.5. The average molecular weight is 355 g/mol. The molecule has 0 aliphatic carbocycles. The molecule has 6 heteroatoms. The molecule has 0 fully saturated rings. The molecule has 6 nitrogen and oxygen atoms in total. The van der Waals surface area contributed by atoms with E-state index in [1.165, 1.54) is 7.11 Å². The lowest BCUT2D eigenvalue weighted by atomic mass is 10.0. The van der Waals surface area contributed by atoms with E-state index in [1.807, 2.05) is 6.07 Å². The zero-order valence-electron chi connectivity index (χ0n) is 14.8. The van der Waals surface area contributed by atoms with Crippen molar-refractivity contribution in [3.63, 3.8) is 0 Å². The van der Waals surface area contributed by atoms with Crippen molar-refractivity contribution >= 4 is 23.3 Å². The van der Waals surface area contributed by atoms with Crippen LogP contribution in [0.1, 0.15) is 35.7 Å². The van der Waals surface area contributed by atoms with Crippen LogP contribution in [0.25, 0.3) is 0 Å². The van der Waals surface area contributed by atoms with Gasteiger partial charge in [0, 0.05) is 17.5 Å². The fourth-order valence-electron chi connectivity index (χ4n) is 2.35. The van der Waals surface area contributed by atoms with E-state index in [0.29, 0.717) is 22.6 Å². The maximum Gasteiger partial charge on any atom is 0.306 e. The van der Waals surface area contributed by atoms with Gasteiger partial charge in [-0.15, -0.1) is 0 Å². The van der Waals surface area contributed by atoms with Gasteiger partial charge in [0.05, 0.1) is 25.8 Å². The van der Waals surface area contributed by atoms with Crippen molar-refractivity contribution < 1.29 is 23.9 Å². The van der Waals surface area contributed by atoms with Gasteiger partial charge in [0.2, 0.25) is 5.91 Å². The van der Waals surface area contributed by atoms with E-state index in [4.69, 9.17) is 9.47 Å². The zero-order chi connectivity index (χ0) is 18.9. The Labute approximate surface area is 152 Å². The summed E-state index contributed by atoms with van der Waals surface area (Å²) in [6.45, 7) is 1.98. The van der Waals surface area contributed by atoms with Gasteiger partial charge < -0.3 is 14.8 Å². The fourth-order valence-corrected chi connectivity index (χ4v) is 2.35. The van der Waals surface area contributed by atoms with Crippen LogP contribution in [0.15, 0.2) is 48.5 Å². The van der Waals surface area contributed by atoms with Crippen molar-refractivity contribution in [1.29, 1.82) is 0 Å². The van der Waals surface area contributed by atoms with E-state index in [0.717, 1.165) is 0 Å². The van der Waals surface area contributed by atoms with Gasteiger partial charge in [-0.25, -0.2) is 0 Å². The topological polar surface area (TPSA) is 81.7 Å². The number of rotatable bonds is 8. The smallest absolute Gasteiger partial charge is 0.306 e. The molecule has 0 saturated heterocycles. The Bertz CT molecular complexity index is 786. The Hall–Kier alpha value is -3.15. The summed E-state index contributed by atoms with van der Waals surface area (Å²) < 4.78 is 9.98. The summed E-state index contributed by atoms with van der Waals surface area (Å²) >= 11 is 0. The van der Waals surface area contributed by atoms with Gasteiger partial charge in [-0.3, -0.25) is 14.4 Å². The van der Waals surface area contributed by atoms with Gasteiger partial charge in [0.1, 0.15) is 5.75 Å². The first-order valence-electron chi connectivity index (χ1n) is 8.28. The maximum atomic E-state index is 12.8. The highest BCUT2D eigenvalue weighted by molar-refractivity contribution is 6.14. The molecule has 0 radical (unpaired) electrons. The summed E-state index contributed by atoms with van der Waals surface area (Å²) in [5, 5.41) is 2.69. The molecule has 2 aromatic carbocycles. The van der Waals surface area contributed by atoms with Crippen LogP contribution in [0.3, 0.4) is 0 Å². The SMILES string of the molecule is CCOC(=O)CCC(=O)Nc1ccc(OC)cc1C(=O)c1ccccc1. The van der Waals surface area contributed by atoms with Crippen LogP contribution < -0.4 is 10.1 Å². The third-order valence-corrected chi connectivity index (χ3v) is 3.64. The number of ketones is 1. The highest BCUT2D eigenvalue weighted by atomic mass is 16.5. The Balaban J connectivity index is 2.19. The molecule has 0 aromatic heterocycles. The van der Waals surface area contributed by atoms with Crippen molar-refractivity contribution in [1.82, 2.24) is 0 Å². The molecule has 0 heterocycles. The number of methoxy groups -OCH3 is 1. The largest absolute Gasteiger partial charge is 0.497 e. The molecule has 1 N–H and O–H groups in total. The number of hydrogen-bond acceptors (Lipinski definition) is 5. The second-order valence-electron chi connectivity index (χ2n) is 5.46. The van der Waals surface area contributed by atoms with Crippen LogP contribution in [0.2, 0.25) is 0 Å². The summed E-state index contributed by atoms with van der Waals surface area (Å²) in [5.41, 5.74) is 1.19. The molecule has 0 saturated carbocycles. The molecule has 1 amide bonds. The van der Waals surface area contributed by atoms with Crippen LogP contribution >= 0.6 is 0 Å². The predicted octanol–water partition coefficient (Wildman–Crippen LogP) is 3.21. The summed E-state index contributed by atoms with van der Waals surface area (Å²) in [6.07, 6.45) is -0.0401. The second kappa shape index (κ2) is 9.36. The number of benzene rings is 2. The number of anilines is 1. The van der Waals surface area contributed by atoms with Gasteiger partial charge in [-0.1, -0.05) is 30.3 Å². The number of hydrogen-bond donors (Lipinski definition) is 1. The number of amides is 1. The van der Waals surface area contributed by atoms with E-state index in [-0.39, 0.29) is 31.1 Å². The minimum atomic E-state index is -0.432. The van der Waals surface area contributed by atoms with Crippen molar-refractivity contribution in [3.05, 3.63) is 59.7 Å². The first kappa shape index (κ1) is 19.2. The number of carbonyl (C=O) groups excluding carboxylic acids is 3. The summed E-state index contributed by atoms with van der Waals surface area (Å²) in [4.78, 5) is 36.3.